The van der Waals surface area contributed by atoms with E-state index in [9.17, 15) is 27.2 Å². The molecule has 4 amide bonds. The molecule has 3 fully saturated rings. The standard InChI is InChI=1S/C21H29F2N5O2Si.C15H15F2N5O2.C4H8O.ClH/c1-21(2,3)31(4,5)30-16-6-7-18(24-14-16)26-20(29)28-10-8-27(9-11-28)19-17(23)12-15(22)13-25-19;16-10-7-12(17)14(19-8-10)21-3-5-22(6-4-21)15(24)20-13-2-1-11(23)9-18-13;1-2-4-5-3-1;/h6-7,12-14H,8-11H2,1-5H3,(H,24,26,29);1-2,7-9,23H,3-6H2,(H,18,20,24);1-4H2;1H. The van der Waals surface area contributed by atoms with Gasteiger partial charge in [0.1, 0.15) is 34.8 Å². The average Bonchev–Trinajstić information content (AvgIpc) is 3.80. The lowest BCUT2D eigenvalue weighted by atomic mass is 10.2. The van der Waals surface area contributed by atoms with Gasteiger partial charge in [0.2, 0.25) is 0 Å². The summed E-state index contributed by atoms with van der Waals surface area (Å²) in [5.41, 5.74) is 0. The number of carbonyl (C=O) groups is 2. The Labute approximate surface area is 360 Å². The van der Waals surface area contributed by atoms with Crippen LogP contribution in [0.3, 0.4) is 0 Å². The number of pyridine rings is 4. The molecule has 0 spiro atoms. The first-order chi connectivity index (χ1) is 28.5. The lowest BCUT2D eigenvalue weighted by molar-refractivity contribution is 0.198. The highest BCUT2D eigenvalue weighted by Crippen LogP contribution is 2.37. The van der Waals surface area contributed by atoms with Crippen LogP contribution < -0.4 is 24.9 Å². The van der Waals surface area contributed by atoms with Gasteiger partial charge in [-0.25, -0.2) is 47.1 Å². The van der Waals surface area contributed by atoms with Crippen LogP contribution >= 0.6 is 12.4 Å². The number of ether oxygens (including phenoxy) is 1. The highest BCUT2D eigenvalue weighted by Gasteiger charge is 2.39. The number of aromatic nitrogens is 4. The second-order valence-corrected chi connectivity index (χ2v) is 20.4. The lowest BCUT2D eigenvalue weighted by Crippen LogP contribution is -2.50. The Morgan fingerprint density at radius 2 is 1.13 bits per heavy atom. The Morgan fingerprint density at radius 3 is 1.48 bits per heavy atom. The van der Waals surface area contributed by atoms with Gasteiger partial charge in [-0.15, -0.1) is 12.4 Å². The smallest absolute Gasteiger partial charge is 0.323 e. The minimum Gasteiger partial charge on any atom is -0.542 e. The van der Waals surface area contributed by atoms with Gasteiger partial charge in [-0.2, -0.15) is 0 Å². The number of nitrogens with one attached hydrogen (secondary N) is 2. The van der Waals surface area contributed by atoms with Gasteiger partial charge in [0, 0.05) is 77.7 Å². The first-order valence-electron chi connectivity index (χ1n) is 19.6. The summed E-state index contributed by atoms with van der Waals surface area (Å²) in [5, 5.41) is 14.6. The summed E-state index contributed by atoms with van der Waals surface area (Å²) in [6.07, 6.45) is 7.36. The third kappa shape index (κ3) is 14.0. The van der Waals surface area contributed by atoms with Crippen LogP contribution in [0.5, 0.6) is 11.5 Å². The van der Waals surface area contributed by atoms with E-state index in [2.05, 4.69) is 64.4 Å². The number of anilines is 4. The number of hydrogen-bond acceptors (Lipinski definition) is 11. The fourth-order valence-corrected chi connectivity index (χ4v) is 6.85. The zero-order chi connectivity index (χ0) is 43.5. The molecule has 4 aromatic rings. The number of carbonyl (C=O) groups excluding carboxylic acids is 2. The molecule has 3 saturated heterocycles. The zero-order valence-corrected chi connectivity index (χ0v) is 36.7. The molecular formula is C40H53ClF4N10O5Si. The van der Waals surface area contributed by atoms with Crippen LogP contribution in [0.1, 0.15) is 33.6 Å². The van der Waals surface area contributed by atoms with E-state index in [1.807, 2.05) is 6.07 Å². The normalized spacial score (nSPS) is 15.4. The molecule has 7 rings (SSSR count). The van der Waals surface area contributed by atoms with E-state index in [0.29, 0.717) is 69.7 Å². The van der Waals surface area contributed by atoms with Crippen molar-refractivity contribution in [1.29, 1.82) is 0 Å². The quantitative estimate of drug-likeness (QED) is 0.130. The minimum absolute atomic E-state index is 0. The third-order valence-electron chi connectivity index (χ3n) is 10.3. The van der Waals surface area contributed by atoms with Crippen molar-refractivity contribution >= 4 is 56.1 Å². The largest absolute Gasteiger partial charge is 0.542 e. The molecule has 0 aromatic carbocycles. The number of urea groups is 2. The van der Waals surface area contributed by atoms with Gasteiger partial charge in [0.15, 0.2) is 23.3 Å². The van der Waals surface area contributed by atoms with E-state index in [0.717, 1.165) is 37.7 Å². The number of nitrogens with zero attached hydrogens (tertiary/aromatic N) is 8. The highest BCUT2D eigenvalue weighted by molar-refractivity contribution is 6.74. The summed E-state index contributed by atoms with van der Waals surface area (Å²) < 4.78 is 64.8. The van der Waals surface area contributed by atoms with Crippen LogP contribution in [0.2, 0.25) is 18.1 Å². The van der Waals surface area contributed by atoms with Gasteiger partial charge in [-0.1, -0.05) is 20.8 Å². The SMILES string of the molecule is C1CCOC1.CC(C)(C)[Si](C)(C)Oc1ccc(NC(=O)N2CCN(c3ncc(F)cc3F)CC2)nc1.Cl.O=C(Nc1ccc(O)cn1)N1CCN(c2ncc(F)cc2F)CC1. The summed E-state index contributed by atoms with van der Waals surface area (Å²) in [7, 11) is -1.96. The monoisotopic (exact) mass is 892 g/mol. The van der Waals surface area contributed by atoms with Crippen molar-refractivity contribution in [1.82, 2.24) is 29.7 Å². The fraction of sp³-hybridized carbons (Fsp3) is 0.450. The average molecular weight is 893 g/mol. The predicted octanol–water partition coefficient (Wildman–Crippen LogP) is 7.53. The Balaban J connectivity index is 0.000000242. The van der Waals surface area contributed by atoms with Crippen molar-refractivity contribution in [3.05, 3.63) is 84.5 Å². The van der Waals surface area contributed by atoms with Crippen molar-refractivity contribution in [3.63, 3.8) is 0 Å². The second-order valence-electron chi connectivity index (χ2n) is 15.7. The Hall–Kier alpha value is -5.47. The van der Waals surface area contributed by atoms with Crippen molar-refractivity contribution < 1.29 is 41.4 Å². The van der Waals surface area contributed by atoms with Crippen LogP contribution in [-0.2, 0) is 4.74 Å². The maximum atomic E-state index is 13.9. The second kappa shape index (κ2) is 21.9. The van der Waals surface area contributed by atoms with Crippen molar-refractivity contribution in [3.8, 4) is 11.5 Å². The molecule has 4 aromatic heterocycles. The number of aromatic hydroxyl groups is 1. The third-order valence-corrected chi connectivity index (χ3v) is 14.6. The number of halogens is 5. The number of piperazine rings is 2. The van der Waals surface area contributed by atoms with Crippen molar-refractivity contribution in [2.24, 2.45) is 0 Å². The Morgan fingerprint density at radius 1 is 0.689 bits per heavy atom. The predicted molar refractivity (Wildman–Crippen MR) is 229 cm³/mol. The summed E-state index contributed by atoms with van der Waals surface area (Å²) in [6, 6.07) is 7.42. The topological polar surface area (TPSA) is 161 Å². The molecule has 0 unspecified atom stereocenters. The lowest BCUT2D eigenvalue weighted by Gasteiger charge is -2.36. The zero-order valence-electron chi connectivity index (χ0n) is 34.8. The molecule has 0 bridgehead atoms. The Kier molecular flexibility index (Phi) is 17.3. The van der Waals surface area contributed by atoms with Gasteiger partial charge in [-0.05, 0) is 55.2 Å². The molecule has 0 atom stereocenters. The van der Waals surface area contributed by atoms with Gasteiger partial charge in [-0.3, -0.25) is 10.6 Å². The summed E-state index contributed by atoms with van der Waals surface area (Å²) in [4.78, 5) is 47.0. The molecule has 0 saturated carbocycles. The molecule has 61 heavy (non-hydrogen) atoms. The van der Waals surface area contributed by atoms with E-state index < -0.39 is 31.6 Å². The van der Waals surface area contributed by atoms with Crippen LogP contribution in [-0.4, -0.2) is 121 Å². The molecule has 3 N–H and O–H groups in total. The van der Waals surface area contributed by atoms with Crippen LogP contribution in [0, 0.1) is 23.3 Å². The van der Waals surface area contributed by atoms with E-state index in [-0.39, 0.29) is 46.9 Å². The van der Waals surface area contributed by atoms with Crippen LogP contribution in [0.4, 0.5) is 50.4 Å². The van der Waals surface area contributed by atoms with Gasteiger partial charge >= 0.3 is 12.1 Å². The van der Waals surface area contributed by atoms with Gasteiger partial charge in [0.05, 0.1) is 24.8 Å². The highest BCUT2D eigenvalue weighted by atomic mass is 35.5. The fourth-order valence-electron chi connectivity index (χ4n) is 5.83. The molecule has 7 heterocycles. The molecule has 0 aliphatic carbocycles. The first kappa shape index (κ1) is 48.2. The van der Waals surface area contributed by atoms with Gasteiger partial charge in [0.25, 0.3) is 8.32 Å². The number of rotatable bonds is 6. The maximum absolute atomic E-state index is 13.9. The summed E-state index contributed by atoms with van der Waals surface area (Å²) in [6.45, 7) is 15.9. The van der Waals surface area contributed by atoms with Crippen LogP contribution in [0.15, 0.2) is 61.2 Å². The Bertz CT molecular complexity index is 2030. The summed E-state index contributed by atoms with van der Waals surface area (Å²) >= 11 is 0. The minimum atomic E-state index is -1.96. The van der Waals surface area contributed by atoms with E-state index in [1.54, 1.807) is 31.9 Å². The molecule has 332 valence electrons. The van der Waals surface area contributed by atoms with Crippen LogP contribution in [0.25, 0.3) is 0 Å². The molecule has 0 radical (unpaired) electrons. The molecular weight excluding hydrogens is 840 g/mol. The van der Waals surface area contributed by atoms with E-state index in [1.165, 1.54) is 31.2 Å². The molecule has 3 aliphatic rings. The molecule has 15 nitrogen and oxygen atoms in total. The maximum Gasteiger partial charge on any atom is 0.323 e. The van der Waals surface area contributed by atoms with E-state index >= 15 is 0 Å². The number of hydrogen-bond donors (Lipinski definition) is 3. The summed E-state index contributed by atoms with van der Waals surface area (Å²) in [5.74, 6) is -1.24. The number of amides is 4. The molecule has 3 aliphatic heterocycles. The van der Waals surface area contributed by atoms with Crippen molar-refractivity contribution in [2.45, 2.75) is 51.7 Å². The molecule has 21 heteroatoms. The first-order valence-corrected chi connectivity index (χ1v) is 22.5. The van der Waals surface area contributed by atoms with E-state index in [4.69, 9.17) is 14.3 Å². The van der Waals surface area contributed by atoms with Gasteiger partial charge < -0.3 is 33.9 Å². The van der Waals surface area contributed by atoms with Crippen molar-refractivity contribution in [2.75, 3.05) is 86.0 Å².